The molecule has 1 amide bonds. The molecule has 82 valence electrons. The lowest BCUT2D eigenvalue weighted by Crippen LogP contribution is -2.56. The van der Waals surface area contributed by atoms with E-state index in [4.69, 9.17) is 5.11 Å². The molecule has 0 spiro atoms. The van der Waals surface area contributed by atoms with Gasteiger partial charge in [-0.25, -0.2) is 0 Å². The van der Waals surface area contributed by atoms with Crippen LogP contribution in [0, 0.1) is 0 Å². The highest BCUT2D eigenvalue weighted by Gasteiger charge is 2.27. The molecule has 0 aromatic rings. The average Bonchev–Trinajstić information content (AvgIpc) is 2.21. The Morgan fingerprint density at radius 2 is 2.43 bits per heavy atom. The van der Waals surface area contributed by atoms with Crippen molar-refractivity contribution in [1.82, 2.24) is 10.2 Å². The van der Waals surface area contributed by atoms with E-state index in [0.717, 1.165) is 13.0 Å². The minimum absolute atomic E-state index is 0.0197. The summed E-state index contributed by atoms with van der Waals surface area (Å²) in [4.78, 5) is 13.3. The maximum absolute atomic E-state index is 11.7. The van der Waals surface area contributed by atoms with Gasteiger partial charge in [0.1, 0.15) is 0 Å². The Kier molecular flexibility index (Phi) is 4.31. The molecule has 3 N–H and O–H groups in total. The van der Waals surface area contributed by atoms with Gasteiger partial charge in [-0.3, -0.25) is 4.79 Å². The second kappa shape index (κ2) is 5.29. The zero-order valence-corrected chi connectivity index (χ0v) is 8.44. The van der Waals surface area contributed by atoms with E-state index in [1.807, 2.05) is 6.92 Å². The second-order valence-electron chi connectivity index (χ2n) is 3.54. The Morgan fingerprint density at radius 3 is 3.00 bits per heavy atom. The average molecular weight is 202 g/mol. The summed E-state index contributed by atoms with van der Waals surface area (Å²) in [5, 5.41) is 21.0. The van der Waals surface area contributed by atoms with Crippen LogP contribution in [0.4, 0.5) is 0 Å². The van der Waals surface area contributed by atoms with Gasteiger partial charge in [0, 0.05) is 19.6 Å². The summed E-state index contributed by atoms with van der Waals surface area (Å²) in [6, 6.07) is -0.130. The zero-order valence-electron chi connectivity index (χ0n) is 8.44. The molecule has 1 heterocycles. The Balaban J connectivity index is 2.47. The lowest BCUT2D eigenvalue weighted by molar-refractivity contribution is -0.137. The number of rotatable bonds is 4. The van der Waals surface area contributed by atoms with Gasteiger partial charge >= 0.3 is 0 Å². The molecule has 5 nitrogen and oxygen atoms in total. The van der Waals surface area contributed by atoms with Crippen LogP contribution in [0.5, 0.6) is 0 Å². The van der Waals surface area contributed by atoms with Crippen LogP contribution in [-0.2, 0) is 4.79 Å². The Labute approximate surface area is 83.7 Å². The predicted octanol–water partition coefficient (Wildman–Crippen LogP) is -1.45. The SMILES string of the molecule is CCC1NCCN(CC(O)CO)C1=O. The summed E-state index contributed by atoms with van der Waals surface area (Å²) in [7, 11) is 0. The molecule has 0 saturated carbocycles. The Hall–Kier alpha value is -0.650. The number of carbonyl (C=O) groups excluding carboxylic acids is 1. The summed E-state index contributed by atoms with van der Waals surface area (Å²) in [6.45, 7) is 3.23. The highest BCUT2D eigenvalue weighted by atomic mass is 16.3. The van der Waals surface area contributed by atoms with Crippen molar-refractivity contribution in [1.29, 1.82) is 0 Å². The molecule has 0 bridgehead atoms. The third kappa shape index (κ3) is 2.67. The van der Waals surface area contributed by atoms with Gasteiger partial charge in [0.2, 0.25) is 5.91 Å². The molecule has 2 atom stereocenters. The topological polar surface area (TPSA) is 72.8 Å². The first-order valence-electron chi connectivity index (χ1n) is 5.00. The Bertz CT molecular complexity index is 198. The van der Waals surface area contributed by atoms with Gasteiger partial charge in [0.25, 0.3) is 0 Å². The number of aliphatic hydroxyl groups is 2. The third-order valence-electron chi connectivity index (χ3n) is 2.43. The van der Waals surface area contributed by atoms with Crippen molar-refractivity contribution in [3.63, 3.8) is 0 Å². The number of β-amino-alcohol motifs (C(OH)–C–C–N with tert-alkyl or cyclic N) is 1. The van der Waals surface area contributed by atoms with Gasteiger partial charge in [-0.15, -0.1) is 0 Å². The number of aliphatic hydroxyl groups excluding tert-OH is 2. The van der Waals surface area contributed by atoms with Gasteiger partial charge in [0.05, 0.1) is 18.8 Å². The standard InChI is InChI=1S/C9H18N2O3/c1-2-8-9(14)11(4-3-10-8)5-7(13)6-12/h7-8,10,12-13H,2-6H2,1H3. The lowest BCUT2D eigenvalue weighted by atomic mass is 10.1. The summed E-state index contributed by atoms with van der Waals surface area (Å²) < 4.78 is 0. The Morgan fingerprint density at radius 1 is 1.71 bits per heavy atom. The number of nitrogens with zero attached hydrogens (tertiary/aromatic N) is 1. The molecule has 1 aliphatic heterocycles. The highest BCUT2D eigenvalue weighted by Crippen LogP contribution is 2.05. The fraction of sp³-hybridized carbons (Fsp3) is 0.889. The van der Waals surface area contributed by atoms with E-state index in [1.54, 1.807) is 4.90 Å². The van der Waals surface area contributed by atoms with Crippen LogP contribution in [0.25, 0.3) is 0 Å². The van der Waals surface area contributed by atoms with E-state index < -0.39 is 6.10 Å². The maximum atomic E-state index is 11.7. The van der Waals surface area contributed by atoms with Crippen molar-refractivity contribution in [3.05, 3.63) is 0 Å². The molecule has 0 aromatic carbocycles. The van der Waals surface area contributed by atoms with Crippen LogP contribution in [0.1, 0.15) is 13.3 Å². The monoisotopic (exact) mass is 202 g/mol. The van der Waals surface area contributed by atoms with Crippen LogP contribution < -0.4 is 5.32 Å². The molecule has 14 heavy (non-hydrogen) atoms. The van der Waals surface area contributed by atoms with Crippen molar-refractivity contribution in [2.45, 2.75) is 25.5 Å². The van der Waals surface area contributed by atoms with Crippen LogP contribution in [0.15, 0.2) is 0 Å². The number of nitrogens with one attached hydrogen (secondary N) is 1. The van der Waals surface area contributed by atoms with Crippen molar-refractivity contribution < 1.29 is 15.0 Å². The normalized spacial score (nSPS) is 25.2. The van der Waals surface area contributed by atoms with E-state index in [0.29, 0.717) is 6.54 Å². The van der Waals surface area contributed by atoms with Crippen LogP contribution in [0.2, 0.25) is 0 Å². The molecule has 1 fully saturated rings. The number of amides is 1. The molecular weight excluding hydrogens is 184 g/mol. The molecule has 1 saturated heterocycles. The summed E-state index contributed by atoms with van der Waals surface area (Å²) in [6.07, 6.45) is -0.0700. The van der Waals surface area contributed by atoms with Gasteiger partial charge in [0.15, 0.2) is 0 Å². The van der Waals surface area contributed by atoms with E-state index in [-0.39, 0.29) is 25.1 Å². The number of carbonyl (C=O) groups is 1. The minimum Gasteiger partial charge on any atom is -0.394 e. The van der Waals surface area contributed by atoms with Crippen molar-refractivity contribution in [3.8, 4) is 0 Å². The van der Waals surface area contributed by atoms with E-state index in [1.165, 1.54) is 0 Å². The summed E-state index contributed by atoms with van der Waals surface area (Å²) in [5.41, 5.74) is 0. The van der Waals surface area contributed by atoms with Gasteiger partial charge in [-0.1, -0.05) is 6.92 Å². The van der Waals surface area contributed by atoms with Gasteiger partial charge in [-0.05, 0) is 6.42 Å². The van der Waals surface area contributed by atoms with Crippen molar-refractivity contribution >= 4 is 5.91 Å². The van der Waals surface area contributed by atoms with Crippen molar-refractivity contribution in [2.75, 3.05) is 26.2 Å². The van der Waals surface area contributed by atoms with Crippen LogP contribution in [0.3, 0.4) is 0 Å². The lowest BCUT2D eigenvalue weighted by Gasteiger charge is -2.33. The van der Waals surface area contributed by atoms with E-state index in [2.05, 4.69) is 5.32 Å². The van der Waals surface area contributed by atoms with Gasteiger partial charge in [-0.2, -0.15) is 0 Å². The zero-order chi connectivity index (χ0) is 10.6. The van der Waals surface area contributed by atoms with E-state index in [9.17, 15) is 9.90 Å². The fourth-order valence-electron chi connectivity index (χ4n) is 1.60. The van der Waals surface area contributed by atoms with E-state index >= 15 is 0 Å². The highest BCUT2D eigenvalue weighted by molar-refractivity contribution is 5.82. The minimum atomic E-state index is -0.824. The van der Waals surface area contributed by atoms with Crippen LogP contribution >= 0.6 is 0 Å². The molecule has 0 radical (unpaired) electrons. The quantitative estimate of drug-likeness (QED) is 0.521. The number of hydrogen-bond acceptors (Lipinski definition) is 4. The first kappa shape index (κ1) is 11.4. The second-order valence-corrected chi connectivity index (χ2v) is 3.54. The number of hydrogen-bond donors (Lipinski definition) is 3. The molecule has 0 aromatic heterocycles. The predicted molar refractivity (Wildman–Crippen MR) is 51.8 cm³/mol. The van der Waals surface area contributed by atoms with Gasteiger partial charge < -0.3 is 20.4 Å². The molecule has 5 heteroatoms. The maximum Gasteiger partial charge on any atom is 0.239 e. The molecular formula is C9H18N2O3. The smallest absolute Gasteiger partial charge is 0.239 e. The summed E-state index contributed by atoms with van der Waals surface area (Å²) >= 11 is 0. The number of piperazine rings is 1. The van der Waals surface area contributed by atoms with Crippen molar-refractivity contribution in [2.24, 2.45) is 0 Å². The molecule has 0 aliphatic carbocycles. The molecule has 2 unspecified atom stereocenters. The first-order valence-corrected chi connectivity index (χ1v) is 5.00. The van der Waals surface area contributed by atoms with Crippen LogP contribution in [-0.4, -0.2) is 59.4 Å². The third-order valence-corrected chi connectivity index (χ3v) is 2.43. The first-order chi connectivity index (χ1) is 6.69. The fourth-order valence-corrected chi connectivity index (χ4v) is 1.60. The summed E-state index contributed by atoms with van der Waals surface area (Å²) in [5.74, 6) is 0.0197. The largest absolute Gasteiger partial charge is 0.394 e. The molecule has 1 rings (SSSR count). The molecule has 1 aliphatic rings.